The predicted molar refractivity (Wildman–Crippen MR) is 165 cm³/mol. The molecule has 1 N–H and O–H groups in total. The molecule has 5 rings (SSSR count). The van der Waals surface area contributed by atoms with Crippen LogP contribution in [0.2, 0.25) is 0 Å². The minimum atomic E-state index is -0.253. The van der Waals surface area contributed by atoms with Crippen LogP contribution in [0.5, 0.6) is 11.5 Å². The lowest BCUT2D eigenvalue weighted by molar-refractivity contribution is -0.130. The fourth-order valence-electron chi connectivity index (χ4n) is 4.86. The molecule has 2 amide bonds. The van der Waals surface area contributed by atoms with E-state index in [2.05, 4.69) is 5.32 Å². The maximum absolute atomic E-state index is 14.4. The number of nitrogens with one attached hydrogen (secondary N) is 1. The SMILES string of the molecule is O=C(COc1ccccc1OCC(=O)[N+](Cc1ccccc1)(c1ccccc1)c1ccccc1)NCc1ccccc1. The van der Waals surface area contributed by atoms with E-state index in [4.69, 9.17) is 9.47 Å². The first-order valence-electron chi connectivity index (χ1n) is 13.9. The van der Waals surface area contributed by atoms with Crippen LogP contribution in [-0.4, -0.2) is 25.0 Å². The number of rotatable bonds is 12. The Morgan fingerprint density at radius 2 is 0.952 bits per heavy atom. The molecule has 0 saturated carbocycles. The molecule has 0 aliphatic rings. The van der Waals surface area contributed by atoms with E-state index in [1.165, 1.54) is 0 Å². The first kappa shape index (κ1) is 28.3. The summed E-state index contributed by atoms with van der Waals surface area (Å²) in [4.78, 5) is 26.8. The summed E-state index contributed by atoms with van der Waals surface area (Å²) in [6.45, 7) is 0.438. The number of nitrogens with zero attached hydrogens (tertiary/aromatic N) is 1. The number of quaternary nitrogens is 1. The summed E-state index contributed by atoms with van der Waals surface area (Å²) in [6, 6.07) is 46.3. The largest absolute Gasteiger partial charge is 0.480 e. The monoisotopic (exact) mass is 557 g/mol. The zero-order valence-corrected chi connectivity index (χ0v) is 23.3. The molecule has 0 bridgehead atoms. The molecule has 0 saturated heterocycles. The first-order chi connectivity index (χ1) is 20.6. The molecule has 5 aromatic carbocycles. The summed E-state index contributed by atoms with van der Waals surface area (Å²) in [6.07, 6.45) is 0. The van der Waals surface area contributed by atoms with Gasteiger partial charge in [0.2, 0.25) is 6.61 Å². The van der Waals surface area contributed by atoms with Gasteiger partial charge in [-0.15, -0.1) is 0 Å². The van der Waals surface area contributed by atoms with Crippen molar-refractivity contribution >= 4 is 23.2 Å². The zero-order valence-electron chi connectivity index (χ0n) is 23.3. The maximum atomic E-state index is 14.4. The van der Waals surface area contributed by atoms with Gasteiger partial charge in [-0.2, -0.15) is 4.48 Å². The molecule has 0 atom stereocenters. The number of benzene rings is 5. The van der Waals surface area contributed by atoms with Crippen LogP contribution in [0.25, 0.3) is 0 Å². The molecule has 42 heavy (non-hydrogen) atoms. The summed E-state index contributed by atoms with van der Waals surface area (Å²) in [5, 5.41) is 2.86. The van der Waals surface area contributed by atoms with Crippen molar-refractivity contribution in [3.63, 3.8) is 0 Å². The van der Waals surface area contributed by atoms with Crippen molar-refractivity contribution in [2.75, 3.05) is 13.2 Å². The Balaban J connectivity index is 1.35. The zero-order chi connectivity index (χ0) is 29.0. The van der Waals surface area contributed by atoms with E-state index >= 15 is 0 Å². The lowest BCUT2D eigenvalue weighted by Gasteiger charge is -2.35. The normalized spacial score (nSPS) is 11.0. The Morgan fingerprint density at radius 3 is 1.48 bits per heavy atom. The predicted octanol–water partition coefficient (Wildman–Crippen LogP) is 6.83. The van der Waals surface area contributed by atoms with Crippen LogP contribution in [-0.2, 0) is 22.7 Å². The minimum Gasteiger partial charge on any atom is -0.480 e. The molecule has 5 aromatic rings. The summed E-state index contributed by atoms with van der Waals surface area (Å²) >= 11 is 0. The van der Waals surface area contributed by atoms with Crippen LogP contribution in [0.15, 0.2) is 146 Å². The Kier molecular flexibility index (Phi) is 9.39. The van der Waals surface area contributed by atoms with E-state index in [1.54, 1.807) is 18.2 Å². The molecule has 0 aromatic heterocycles. The standard InChI is InChI=1S/C36H32N2O4/c39-35(37-25-29-15-5-1-6-16-29)27-41-33-23-13-14-24-34(33)42-28-36(40)38(31-19-9-3-10-20-31,32-21-11-4-12-22-32)26-30-17-7-2-8-18-30/h1-24H,25-28H2/p+1. The summed E-state index contributed by atoms with van der Waals surface area (Å²) in [7, 11) is 0. The quantitative estimate of drug-likeness (QED) is 0.171. The molecule has 6 nitrogen and oxygen atoms in total. The van der Waals surface area contributed by atoms with Gasteiger partial charge in [0.1, 0.15) is 17.9 Å². The van der Waals surface area contributed by atoms with Crippen molar-refractivity contribution in [1.29, 1.82) is 0 Å². The molecule has 0 radical (unpaired) electrons. The van der Waals surface area contributed by atoms with Gasteiger partial charge < -0.3 is 14.8 Å². The van der Waals surface area contributed by atoms with Crippen molar-refractivity contribution < 1.29 is 19.1 Å². The summed E-state index contributed by atoms with van der Waals surface area (Å²) in [5.74, 6) is 0.379. The molecule has 210 valence electrons. The minimum absolute atomic E-state index is 0.0589. The highest BCUT2D eigenvalue weighted by Crippen LogP contribution is 2.38. The topological polar surface area (TPSA) is 64.6 Å². The Bertz CT molecular complexity index is 1540. The van der Waals surface area contributed by atoms with Crippen LogP contribution in [0, 0.1) is 0 Å². The van der Waals surface area contributed by atoms with Gasteiger partial charge >= 0.3 is 5.91 Å². The van der Waals surface area contributed by atoms with E-state index in [0.717, 1.165) is 22.5 Å². The Labute approximate surface area is 246 Å². The molecular weight excluding hydrogens is 524 g/mol. The van der Waals surface area contributed by atoms with Gasteiger partial charge in [-0.25, -0.2) is 4.79 Å². The van der Waals surface area contributed by atoms with Gasteiger partial charge in [0.25, 0.3) is 5.91 Å². The van der Waals surface area contributed by atoms with Crippen molar-refractivity contribution in [2.45, 2.75) is 13.1 Å². The summed E-state index contributed by atoms with van der Waals surface area (Å²) < 4.78 is 11.9. The molecule has 0 spiro atoms. The van der Waals surface area contributed by atoms with Crippen molar-refractivity contribution in [3.05, 3.63) is 157 Å². The average molecular weight is 558 g/mol. The van der Waals surface area contributed by atoms with Gasteiger partial charge in [-0.3, -0.25) is 4.79 Å². The fourth-order valence-corrected chi connectivity index (χ4v) is 4.86. The van der Waals surface area contributed by atoms with Gasteiger partial charge in [0.05, 0.1) is 0 Å². The number of hydrogen-bond acceptors (Lipinski definition) is 4. The number of amides is 2. The van der Waals surface area contributed by atoms with Gasteiger partial charge in [0, 0.05) is 36.4 Å². The average Bonchev–Trinajstić information content (AvgIpc) is 3.06. The third kappa shape index (κ3) is 6.92. The second kappa shape index (κ2) is 13.9. The molecular formula is C36H33N2O4+. The highest BCUT2D eigenvalue weighted by molar-refractivity contribution is 5.96. The van der Waals surface area contributed by atoms with Crippen molar-refractivity contribution in [1.82, 2.24) is 9.80 Å². The number of carbonyl (C=O) groups excluding carboxylic acids is 2. The van der Waals surface area contributed by atoms with Crippen LogP contribution in [0.1, 0.15) is 11.1 Å². The second-order valence-electron chi connectivity index (χ2n) is 9.80. The van der Waals surface area contributed by atoms with Crippen LogP contribution < -0.4 is 19.3 Å². The number of carbonyl (C=O) groups is 2. The van der Waals surface area contributed by atoms with Crippen LogP contribution in [0.3, 0.4) is 0 Å². The smallest absolute Gasteiger partial charge is 0.361 e. The molecule has 0 aliphatic carbocycles. The van der Waals surface area contributed by atoms with E-state index in [9.17, 15) is 9.59 Å². The van der Waals surface area contributed by atoms with Gasteiger partial charge in [0.15, 0.2) is 18.1 Å². The number of para-hydroxylation sites is 4. The Morgan fingerprint density at radius 1 is 0.524 bits per heavy atom. The summed E-state index contributed by atoms with van der Waals surface area (Å²) in [5.41, 5.74) is 3.69. The lowest BCUT2D eigenvalue weighted by Crippen LogP contribution is -2.51. The van der Waals surface area contributed by atoms with Crippen LogP contribution >= 0.6 is 0 Å². The number of ether oxygens (including phenoxy) is 2. The third-order valence-electron chi connectivity index (χ3n) is 6.97. The van der Waals surface area contributed by atoms with E-state index < -0.39 is 0 Å². The van der Waals surface area contributed by atoms with E-state index in [-0.39, 0.29) is 29.5 Å². The highest BCUT2D eigenvalue weighted by atomic mass is 16.5. The second-order valence-corrected chi connectivity index (χ2v) is 9.80. The first-order valence-corrected chi connectivity index (χ1v) is 13.9. The van der Waals surface area contributed by atoms with Crippen molar-refractivity contribution in [2.24, 2.45) is 0 Å². The van der Waals surface area contributed by atoms with E-state index in [0.29, 0.717) is 24.6 Å². The lowest BCUT2D eigenvalue weighted by atomic mass is 10.1. The highest BCUT2D eigenvalue weighted by Gasteiger charge is 2.42. The molecule has 6 heteroatoms. The van der Waals surface area contributed by atoms with Crippen molar-refractivity contribution in [3.8, 4) is 11.5 Å². The van der Waals surface area contributed by atoms with E-state index in [1.807, 2.05) is 127 Å². The molecule has 0 fully saturated rings. The molecule has 0 heterocycles. The fraction of sp³-hybridized carbons (Fsp3) is 0.111. The maximum Gasteiger partial charge on any atom is 0.361 e. The van der Waals surface area contributed by atoms with Gasteiger partial charge in [-0.05, 0) is 17.7 Å². The Hall–Kier alpha value is -5.20. The third-order valence-corrected chi connectivity index (χ3v) is 6.97. The molecule has 0 unspecified atom stereocenters. The van der Waals surface area contributed by atoms with Gasteiger partial charge in [-0.1, -0.05) is 109 Å². The molecule has 0 aliphatic heterocycles. The van der Waals surface area contributed by atoms with Crippen LogP contribution in [0.4, 0.5) is 11.4 Å². The number of hydrogen-bond donors (Lipinski definition) is 1.